The van der Waals surface area contributed by atoms with Crippen LogP contribution in [0.3, 0.4) is 0 Å². The standard InChI is InChI=1S/C27H30O3/c1-21(28)20-22-6-8-23(9-7-22)24-10-12-25(13-11-24)26-14-16-27(17-15-26)30-19-5-3-4-18-29-2/h6-17H,3-5,18-20H2,1-2H3. The molecule has 0 saturated heterocycles. The van der Waals surface area contributed by atoms with Gasteiger partial charge in [-0.05, 0) is 66.1 Å². The molecular formula is C27H30O3. The number of hydrogen-bond donors (Lipinski definition) is 0. The van der Waals surface area contributed by atoms with Crippen molar-refractivity contribution in [2.24, 2.45) is 0 Å². The number of ether oxygens (including phenoxy) is 2. The minimum atomic E-state index is 0.186. The van der Waals surface area contributed by atoms with E-state index in [1.807, 2.05) is 24.3 Å². The van der Waals surface area contributed by atoms with Gasteiger partial charge < -0.3 is 9.47 Å². The number of Topliss-reactive ketones (excluding diaryl/α,β-unsaturated/α-hetero) is 1. The summed E-state index contributed by atoms with van der Waals surface area (Å²) < 4.78 is 10.9. The Hall–Kier alpha value is -2.91. The lowest BCUT2D eigenvalue weighted by molar-refractivity contribution is -0.116. The van der Waals surface area contributed by atoms with Gasteiger partial charge in [-0.25, -0.2) is 0 Å². The van der Waals surface area contributed by atoms with Crippen molar-refractivity contribution in [1.29, 1.82) is 0 Å². The van der Waals surface area contributed by atoms with Crippen molar-refractivity contribution < 1.29 is 14.3 Å². The number of hydrogen-bond acceptors (Lipinski definition) is 3. The predicted molar refractivity (Wildman–Crippen MR) is 123 cm³/mol. The van der Waals surface area contributed by atoms with Gasteiger partial charge in [0.15, 0.2) is 0 Å². The van der Waals surface area contributed by atoms with Gasteiger partial charge in [0.25, 0.3) is 0 Å². The van der Waals surface area contributed by atoms with Crippen molar-refractivity contribution in [3.63, 3.8) is 0 Å². The van der Waals surface area contributed by atoms with E-state index in [1.165, 1.54) is 16.7 Å². The molecule has 0 amide bonds. The second-order valence-corrected chi connectivity index (χ2v) is 7.58. The number of rotatable bonds is 11. The van der Waals surface area contributed by atoms with Crippen LogP contribution in [0.25, 0.3) is 22.3 Å². The van der Waals surface area contributed by atoms with Crippen LogP contribution < -0.4 is 4.74 Å². The number of unbranched alkanes of at least 4 members (excludes halogenated alkanes) is 2. The van der Waals surface area contributed by atoms with Gasteiger partial charge in [-0.3, -0.25) is 4.79 Å². The van der Waals surface area contributed by atoms with Crippen molar-refractivity contribution in [1.82, 2.24) is 0 Å². The summed E-state index contributed by atoms with van der Waals surface area (Å²) >= 11 is 0. The lowest BCUT2D eigenvalue weighted by Gasteiger charge is -2.09. The molecule has 0 unspecified atom stereocenters. The topological polar surface area (TPSA) is 35.5 Å². The van der Waals surface area contributed by atoms with Gasteiger partial charge in [-0.15, -0.1) is 0 Å². The van der Waals surface area contributed by atoms with E-state index >= 15 is 0 Å². The Morgan fingerprint density at radius 2 is 1.13 bits per heavy atom. The number of methoxy groups -OCH3 is 1. The number of carbonyl (C=O) groups is 1. The zero-order valence-electron chi connectivity index (χ0n) is 17.9. The summed E-state index contributed by atoms with van der Waals surface area (Å²) in [6.07, 6.45) is 3.74. The fourth-order valence-electron chi connectivity index (χ4n) is 3.42. The highest BCUT2D eigenvalue weighted by Crippen LogP contribution is 2.26. The summed E-state index contributed by atoms with van der Waals surface area (Å²) in [7, 11) is 1.74. The molecule has 30 heavy (non-hydrogen) atoms. The molecule has 0 aliphatic carbocycles. The zero-order valence-corrected chi connectivity index (χ0v) is 17.9. The first-order valence-corrected chi connectivity index (χ1v) is 10.6. The summed E-state index contributed by atoms with van der Waals surface area (Å²) in [6, 6.07) is 25.1. The minimum Gasteiger partial charge on any atom is -0.494 e. The van der Waals surface area contributed by atoms with Crippen LogP contribution in [0.4, 0.5) is 0 Å². The van der Waals surface area contributed by atoms with Gasteiger partial charge in [0.2, 0.25) is 0 Å². The van der Waals surface area contributed by atoms with Crippen molar-refractivity contribution in [2.75, 3.05) is 20.3 Å². The summed E-state index contributed by atoms with van der Waals surface area (Å²) in [5.74, 6) is 1.10. The number of benzene rings is 3. The molecule has 0 N–H and O–H groups in total. The third kappa shape index (κ3) is 6.57. The SMILES string of the molecule is COCCCCCOc1ccc(-c2ccc(-c3ccc(CC(C)=O)cc3)cc2)cc1. The van der Waals surface area contributed by atoms with E-state index in [0.717, 1.165) is 49.4 Å². The molecule has 3 aromatic rings. The monoisotopic (exact) mass is 402 g/mol. The second-order valence-electron chi connectivity index (χ2n) is 7.58. The van der Waals surface area contributed by atoms with Crippen LogP contribution in [-0.4, -0.2) is 26.1 Å². The maximum Gasteiger partial charge on any atom is 0.134 e. The average molecular weight is 403 g/mol. The van der Waals surface area contributed by atoms with Crippen molar-refractivity contribution in [2.45, 2.75) is 32.6 Å². The Bertz CT molecular complexity index is 910. The van der Waals surface area contributed by atoms with Gasteiger partial charge in [0.1, 0.15) is 11.5 Å². The third-order valence-electron chi connectivity index (χ3n) is 5.07. The highest BCUT2D eigenvalue weighted by molar-refractivity contribution is 5.78. The van der Waals surface area contributed by atoms with Gasteiger partial charge in [-0.2, -0.15) is 0 Å². The molecule has 3 rings (SSSR count). The smallest absolute Gasteiger partial charge is 0.134 e. The quantitative estimate of drug-likeness (QED) is 0.351. The molecular weight excluding hydrogens is 372 g/mol. The maximum absolute atomic E-state index is 11.2. The highest BCUT2D eigenvalue weighted by atomic mass is 16.5. The van der Waals surface area contributed by atoms with E-state index in [2.05, 4.69) is 48.5 Å². The molecule has 0 atom stereocenters. The van der Waals surface area contributed by atoms with Crippen LogP contribution in [0.5, 0.6) is 5.75 Å². The van der Waals surface area contributed by atoms with E-state index in [4.69, 9.17) is 9.47 Å². The Balaban J connectivity index is 1.56. The molecule has 0 aliphatic heterocycles. The molecule has 3 nitrogen and oxygen atoms in total. The summed E-state index contributed by atoms with van der Waals surface area (Å²) in [6.45, 7) is 3.18. The van der Waals surface area contributed by atoms with Crippen LogP contribution in [0.1, 0.15) is 31.7 Å². The molecule has 0 fully saturated rings. The van der Waals surface area contributed by atoms with E-state index in [1.54, 1.807) is 14.0 Å². The lowest BCUT2D eigenvalue weighted by atomic mass is 9.99. The first kappa shape index (κ1) is 21.8. The van der Waals surface area contributed by atoms with Crippen molar-refractivity contribution in [3.05, 3.63) is 78.4 Å². The fraction of sp³-hybridized carbons (Fsp3) is 0.296. The van der Waals surface area contributed by atoms with Crippen LogP contribution >= 0.6 is 0 Å². The van der Waals surface area contributed by atoms with E-state index in [9.17, 15) is 4.79 Å². The van der Waals surface area contributed by atoms with Crippen LogP contribution in [0.2, 0.25) is 0 Å². The van der Waals surface area contributed by atoms with E-state index in [-0.39, 0.29) is 5.78 Å². The summed E-state index contributed by atoms with van der Waals surface area (Å²) in [5.41, 5.74) is 5.73. The average Bonchev–Trinajstić information content (AvgIpc) is 2.77. The van der Waals surface area contributed by atoms with Gasteiger partial charge in [-0.1, -0.05) is 60.7 Å². The first-order chi connectivity index (χ1) is 14.7. The molecule has 0 aliphatic rings. The lowest BCUT2D eigenvalue weighted by Crippen LogP contribution is -1.98. The van der Waals surface area contributed by atoms with Crippen LogP contribution in [0.15, 0.2) is 72.8 Å². The molecule has 156 valence electrons. The van der Waals surface area contributed by atoms with Crippen LogP contribution in [-0.2, 0) is 16.0 Å². The van der Waals surface area contributed by atoms with E-state index in [0.29, 0.717) is 6.42 Å². The van der Waals surface area contributed by atoms with Gasteiger partial charge in [0, 0.05) is 20.1 Å². The second kappa shape index (κ2) is 11.3. The normalized spacial score (nSPS) is 10.7. The minimum absolute atomic E-state index is 0.186. The summed E-state index contributed by atoms with van der Waals surface area (Å²) in [5, 5.41) is 0. The molecule has 0 spiro atoms. The zero-order chi connectivity index (χ0) is 21.2. The van der Waals surface area contributed by atoms with Crippen molar-refractivity contribution >= 4 is 5.78 Å². The summed E-state index contributed by atoms with van der Waals surface area (Å²) in [4.78, 5) is 11.2. The van der Waals surface area contributed by atoms with E-state index < -0.39 is 0 Å². The Morgan fingerprint density at radius 3 is 1.63 bits per heavy atom. The fourth-order valence-corrected chi connectivity index (χ4v) is 3.42. The first-order valence-electron chi connectivity index (χ1n) is 10.6. The number of carbonyl (C=O) groups excluding carboxylic acids is 1. The predicted octanol–water partition coefficient (Wildman–Crippen LogP) is 6.35. The Morgan fingerprint density at radius 1 is 0.667 bits per heavy atom. The van der Waals surface area contributed by atoms with Crippen molar-refractivity contribution in [3.8, 4) is 28.0 Å². The Labute approximate surface area is 179 Å². The molecule has 0 bridgehead atoms. The molecule has 3 heteroatoms. The van der Waals surface area contributed by atoms with Gasteiger partial charge in [0.05, 0.1) is 6.61 Å². The Kier molecular flexibility index (Phi) is 8.22. The van der Waals surface area contributed by atoms with Crippen LogP contribution in [0, 0.1) is 0 Å². The number of ketones is 1. The molecule has 0 heterocycles. The van der Waals surface area contributed by atoms with Gasteiger partial charge >= 0.3 is 0 Å². The molecule has 0 radical (unpaired) electrons. The molecule has 3 aromatic carbocycles. The third-order valence-corrected chi connectivity index (χ3v) is 5.07. The maximum atomic E-state index is 11.2. The largest absolute Gasteiger partial charge is 0.494 e. The molecule has 0 saturated carbocycles. The highest BCUT2D eigenvalue weighted by Gasteiger charge is 2.03. The molecule has 0 aromatic heterocycles.